The Kier molecular flexibility index (Phi) is 10.8. The quantitative estimate of drug-likeness (QED) is 0.0935. The van der Waals surface area contributed by atoms with Gasteiger partial charge in [0, 0.05) is 36.1 Å². The van der Waals surface area contributed by atoms with Crippen molar-refractivity contribution >= 4 is 28.5 Å². The van der Waals surface area contributed by atoms with Gasteiger partial charge < -0.3 is 19.0 Å². The monoisotopic (exact) mass is 618 g/mol. The number of hydrogen-bond donors (Lipinski definition) is 1. The van der Waals surface area contributed by atoms with Gasteiger partial charge in [-0.25, -0.2) is 0 Å². The molecule has 0 saturated carbocycles. The molecule has 0 aliphatic heterocycles. The van der Waals surface area contributed by atoms with Gasteiger partial charge >= 0.3 is 5.97 Å². The Morgan fingerprint density at radius 1 is 0.804 bits per heavy atom. The maximum atomic E-state index is 13.8. The molecule has 6 heteroatoms. The van der Waals surface area contributed by atoms with Crippen molar-refractivity contribution in [1.82, 2.24) is 4.57 Å². The number of rotatable bonds is 15. The molecular formula is C40H46N2O4. The molecule has 0 saturated heterocycles. The average Bonchev–Trinajstić information content (AvgIpc) is 3.65. The third-order valence-corrected chi connectivity index (χ3v) is 8.15. The molecule has 240 valence electrons. The number of furan rings is 1. The van der Waals surface area contributed by atoms with Crippen LogP contribution < -0.4 is 5.32 Å². The summed E-state index contributed by atoms with van der Waals surface area (Å²) < 4.78 is 13.3. The predicted molar refractivity (Wildman–Crippen MR) is 185 cm³/mol. The van der Waals surface area contributed by atoms with E-state index >= 15 is 0 Å². The number of fused-ring (bicyclic) bond motifs is 1. The van der Waals surface area contributed by atoms with Gasteiger partial charge in [-0.1, -0.05) is 94.4 Å². The van der Waals surface area contributed by atoms with Gasteiger partial charge in [0.2, 0.25) is 5.78 Å². The van der Waals surface area contributed by atoms with E-state index < -0.39 is 0 Å². The molecule has 2 heterocycles. The molecule has 3 aromatic carbocycles. The van der Waals surface area contributed by atoms with Crippen LogP contribution in [0.2, 0.25) is 0 Å². The van der Waals surface area contributed by atoms with Gasteiger partial charge in [0.1, 0.15) is 0 Å². The summed E-state index contributed by atoms with van der Waals surface area (Å²) in [7, 11) is 0. The summed E-state index contributed by atoms with van der Waals surface area (Å²) in [6.45, 7) is 11.7. The zero-order valence-corrected chi connectivity index (χ0v) is 27.7. The Labute approximate surface area is 272 Å². The summed E-state index contributed by atoms with van der Waals surface area (Å²) in [4.78, 5) is 25.7. The highest BCUT2D eigenvalue weighted by Crippen LogP contribution is 2.31. The summed E-state index contributed by atoms with van der Waals surface area (Å²) in [5.41, 5.74) is 6.40. The molecule has 0 spiro atoms. The van der Waals surface area contributed by atoms with E-state index in [0.717, 1.165) is 34.9 Å². The minimum Gasteiger partial charge on any atom is -0.466 e. The number of nitrogens with zero attached hydrogens (tertiary/aromatic N) is 1. The van der Waals surface area contributed by atoms with Crippen LogP contribution in [0.5, 0.6) is 0 Å². The number of esters is 1. The highest BCUT2D eigenvalue weighted by atomic mass is 16.5. The Balaban J connectivity index is 1.39. The standard InChI is InChI=1S/C40H46N2O4/c1-6-45-38(43)12-9-23-42-26-34(33-10-7-8-11-35(33)42)40(44)36-21-22-37(46-36)41-39(31-17-13-29(14-18-31)24-27(2)3)32-19-15-30(16-20-32)25-28(4)5/h7-8,10-11,13-22,26-28,39,41H,6,9,12,23-25H2,1-5H3. The van der Waals surface area contributed by atoms with Crippen LogP contribution in [0, 0.1) is 11.8 Å². The van der Waals surface area contributed by atoms with Gasteiger partial charge in [-0.2, -0.15) is 0 Å². The van der Waals surface area contributed by atoms with Crippen molar-refractivity contribution in [3.05, 3.63) is 125 Å². The van der Waals surface area contributed by atoms with E-state index in [1.165, 1.54) is 11.1 Å². The normalized spacial score (nSPS) is 11.6. The van der Waals surface area contributed by atoms with Crippen molar-refractivity contribution in [2.45, 2.75) is 72.9 Å². The van der Waals surface area contributed by atoms with E-state index in [1.807, 2.05) is 41.1 Å². The van der Waals surface area contributed by atoms with Crippen LogP contribution in [0.25, 0.3) is 10.9 Å². The highest BCUT2D eigenvalue weighted by Gasteiger charge is 2.22. The van der Waals surface area contributed by atoms with Gasteiger partial charge in [0.15, 0.2) is 11.6 Å². The van der Waals surface area contributed by atoms with Gasteiger partial charge in [0.05, 0.1) is 18.2 Å². The second-order valence-electron chi connectivity index (χ2n) is 12.9. The number of aryl methyl sites for hydroxylation is 1. The molecule has 0 fully saturated rings. The van der Waals surface area contributed by atoms with Gasteiger partial charge in [-0.05, 0) is 72.4 Å². The lowest BCUT2D eigenvalue weighted by molar-refractivity contribution is -0.143. The fourth-order valence-corrected chi connectivity index (χ4v) is 6.05. The largest absolute Gasteiger partial charge is 0.466 e. The summed E-state index contributed by atoms with van der Waals surface area (Å²) in [6, 6.07) is 28.8. The zero-order valence-electron chi connectivity index (χ0n) is 27.7. The predicted octanol–water partition coefficient (Wildman–Crippen LogP) is 9.41. The lowest BCUT2D eigenvalue weighted by Gasteiger charge is -2.20. The lowest BCUT2D eigenvalue weighted by Crippen LogP contribution is -2.12. The summed E-state index contributed by atoms with van der Waals surface area (Å²) in [5.74, 6) is 1.60. The lowest BCUT2D eigenvalue weighted by atomic mass is 9.94. The first kappa shape index (κ1) is 32.8. The van der Waals surface area contributed by atoms with Crippen molar-refractivity contribution in [3.63, 3.8) is 0 Å². The minimum atomic E-state index is -0.206. The van der Waals surface area contributed by atoms with Crippen LogP contribution in [0.1, 0.15) is 91.9 Å². The van der Waals surface area contributed by atoms with Crippen LogP contribution in [0.3, 0.4) is 0 Å². The first-order chi connectivity index (χ1) is 22.2. The maximum Gasteiger partial charge on any atom is 0.305 e. The van der Waals surface area contributed by atoms with Crippen LogP contribution in [0.4, 0.5) is 5.88 Å². The molecule has 0 aliphatic rings. The summed E-state index contributed by atoms with van der Waals surface area (Å²) in [5, 5.41) is 4.44. The minimum absolute atomic E-state index is 0.156. The van der Waals surface area contributed by atoms with Crippen LogP contribution in [0.15, 0.2) is 95.5 Å². The van der Waals surface area contributed by atoms with E-state index in [1.54, 1.807) is 13.0 Å². The number of ketones is 1. The molecule has 0 atom stereocenters. The van der Waals surface area contributed by atoms with E-state index in [9.17, 15) is 9.59 Å². The number of carbonyl (C=O) groups is 2. The fraction of sp³-hybridized carbons (Fsp3) is 0.350. The average molecular weight is 619 g/mol. The van der Waals surface area contributed by atoms with Crippen LogP contribution in [-0.2, 0) is 28.9 Å². The molecule has 0 amide bonds. The number of benzene rings is 3. The van der Waals surface area contributed by atoms with E-state index in [-0.39, 0.29) is 23.6 Å². The van der Waals surface area contributed by atoms with Gasteiger partial charge in [-0.15, -0.1) is 0 Å². The topological polar surface area (TPSA) is 73.5 Å². The molecule has 46 heavy (non-hydrogen) atoms. The molecule has 5 rings (SSSR count). The smallest absolute Gasteiger partial charge is 0.305 e. The van der Waals surface area contributed by atoms with E-state index in [0.29, 0.717) is 49.3 Å². The van der Waals surface area contributed by atoms with Crippen molar-refractivity contribution in [3.8, 4) is 0 Å². The van der Waals surface area contributed by atoms with Gasteiger partial charge in [-0.3, -0.25) is 9.59 Å². The van der Waals surface area contributed by atoms with Crippen molar-refractivity contribution < 1.29 is 18.7 Å². The molecule has 1 N–H and O–H groups in total. The number of carbonyl (C=O) groups excluding carboxylic acids is 2. The first-order valence-electron chi connectivity index (χ1n) is 16.5. The summed E-state index contributed by atoms with van der Waals surface area (Å²) >= 11 is 0. The van der Waals surface area contributed by atoms with Gasteiger partial charge in [0.25, 0.3) is 0 Å². The Bertz CT molecular complexity index is 1690. The number of nitrogens with one attached hydrogen (secondary N) is 1. The van der Waals surface area contributed by atoms with Crippen molar-refractivity contribution in [1.29, 1.82) is 0 Å². The molecule has 0 aliphatic carbocycles. The molecule has 2 aromatic heterocycles. The Morgan fingerprint density at radius 2 is 1.41 bits per heavy atom. The SMILES string of the molecule is CCOC(=O)CCCn1cc(C(=O)c2ccc(NC(c3ccc(CC(C)C)cc3)c3ccc(CC(C)C)cc3)o2)c2ccccc21. The van der Waals surface area contributed by atoms with Crippen LogP contribution in [-0.4, -0.2) is 22.9 Å². The molecule has 0 bridgehead atoms. The molecule has 0 radical (unpaired) electrons. The van der Waals surface area contributed by atoms with Crippen molar-refractivity contribution in [2.24, 2.45) is 11.8 Å². The molecule has 6 nitrogen and oxygen atoms in total. The second kappa shape index (κ2) is 15.1. The number of anilines is 1. The number of hydrogen-bond acceptors (Lipinski definition) is 5. The molecule has 0 unspecified atom stereocenters. The number of aromatic nitrogens is 1. The third-order valence-electron chi connectivity index (χ3n) is 8.15. The highest BCUT2D eigenvalue weighted by molar-refractivity contribution is 6.15. The van der Waals surface area contributed by atoms with Crippen LogP contribution >= 0.6 is 0 Å². The zero-order chi connectivity index (χ0) is 32.6. The van der Waals surface area contributed by atoms with E-state index in [4.69, 9.17) is 9.15 Å². The van der Waals surface area contributed by atoms with E-state index in [2.05, 4.69) is 81.5 Å². The summed E-state index contributed by atoms with van der Waals surface area (Å²) in [6.07, 6.45) is 4.90. The maximum absolute atomic E-state index is 13.8. The number of ether oxygens (including phenoxy) is 1. The third kappa shape index (κ3) is 8.16. The molecular weight excluding hydrogens is 572 g/mol. The second-order valence-corrected chi connectivity index (χ2v) is 12.9. The fourth-order valence-electron chi connectivity index (χ4n) is 6.05. The Hall–Kier alpha value is -4.58. The first-order valence-corrected chi connectivity index (χ1v) is 16.5. The number of para-hydroxylation sites is 1. The Morgan fingerprint density at radius 3 is 2.00 bits per heavy atom. The van der Waals surface area contributed by atoms with Crippen molar-refractivity contribution in [2.75, 3.05) is 11.9 Å². The molecule has 5 aromatic rings.